The van der Waals surface area contributed by atoms with E-state index >= 15 is 0 Å². The van der Waals surface area contributed by atoms with E-state index in [0.29, 0.717) is 6.04 Å². The van der Waals surface area contributed by atoms with Gasteiger partial charge in [-0.2, -0.15) is 0 Å². The van der Waals surface area contributed by atoms with Crippen LogP contribution >= 0.6 is 0 Å². The number of rotatable bonds is 1. The number of nitrogens with zero attached hydrogens (tertiary/aromatic N) is 1. The summed E-state index contributed by atoms with van der Waals surface area (Å²) in [6, 6.07) is 18.4. The SMILES string of the molecule is c1ccc2c(c1)CCN(C1CCNCc3ccccc31)C2. The lowest BCUT2D eigenvalue weighted by Crippen LogP contribution is -2.34. The van der Waals surface area contributed by atoms with Gasteiger partial charge in [-0.25, -0.2) is 0 Å². The third-order valence-electron chi connectivity index (χ3n) is 4.93. The highest BCUT2D eigenvalue weighted by molar-refractivity contribution is 5.33. The zero-order chi connectivity index (χ0) is 14.1. The van der Waals surface area contributed by atoms with E-state index in [2.05, 4.69) is 58.7 Å². The van der Waals surface area contributed by atoms with Gasteiger partial charge in [0.25, 0.3) is 0 Å². The smallest absolute Gasteiger partial charge is 0.0367 e. The Morgan fingerprint density at radius 1 is 0.905 bits per heavy atom. The fourth-order valence-corrected chi connectivity index (χ4v) is 3.80. The summed E-state index contributed by atoms with van der Waals surface area (Å²) in [4.78, 5) is 2.67. The highest BCUT2D eigenvalue weighted by atomic mass is 15.2. The van der Waals surface area contributed by atoms with Crippen LogP contribution in [0, 0.1) is 0 Å². The molecule has 0 fully saturated rings. The van der Waals surface area contributed by atoms with Gasteiger partial charge < -0.3 is 5.32 Å². The van der Waals surface area contributed by atoms with Crippen molar-refractivity contribution < 1.29 is 0 Å². The van der Waals surface area contributed by atoms with Gasteiger partial charge in [0.2, 0.25) is 0 Å². The molecule has 1 atom stereocenters. The number of hydrogen-bond acceptors (Lipinski definition) is 2. The molecule has 0 radical (unpaired) electrons. The maximum absolute atomic E-state index is 3.56. The molecule has 21 heavy (non-hydrogen) atoms. The first-order valence-electron chi connectivity index (χ1n) is 8.01. The minimum Gasteiger partial charge on any atom is -0.313 e. The molecule has 0 spiro atoms. The molecule has 2 aromatic carbocycles. The van der Waals surface area contributed by atoms with Crippen molar-refractivity contribution in [1.29, 1.82) is 0 Å². The predicted octanol–water partition coefficient (Wildman–Crippen LogP) is 3.28. The van der Waals surface area contributed by atoms with Crippen molar-refractivity contribution in [2.75, 3.05) is 13.1 Å². The summed E-state index contributed by atoms with van der Waals surface area (Å²) < 4.78 is 0. The third-order valence-corrected chi connectivity index (χ3v) is 4.93. The number of hydrogen-bond donors (Lipinski definition) is 1. The van der Waals surface area contributed by atoms with Gasteiger partial charge in [0, 0.05) is 25.7 Å². The molecule has 0 amide bonds. The monoisotopic (exact) mass is 278 g/mol. The molecule has 2 aliphatic rings. The molecule has 0 bridgehead atoms. The molecule has 4 rings (SSSR count). The van der Waals surface area contributed by atoms with E-state index in [4.69, 9.17) is 0 Å². The number of fused-ring (bicyclic) bond motifs is 2. The lowest BCUT2D eigenvalue weighted by atomic mass is 9.93. The van der Waals surface area contributed by atoms with Crippen LogP contribution in [0.3, 0.4) is 0 Å². The Balaban J connectivity index is 1.65. The highest BCUT2D eigenvalue weighted by Crippen LogP contribution is 2.32. The summed E-state index contributed by atoms with van der Waals surface area (Å²) in [6.07, 6.45) is 2.39. The Labute approximate surface area is 126 Å². The zero-order valence-electron chi connectivity index (χ0n) is 12.4. The van der Waals surface area contributed by atoms with Crippen LogP contribution in [-0.2, 0) is 19.5 Å². The van der Waals surface area contributed by atoms with Crippen LogP contribution in [0.1, 0.15) is 34.7 Å². The van der Waals surface area contributed by atoms with E-state index in [1.54, 1.807) is 0 Å². The van der Waals surface area contributed by atoms with Gasteiger partial charge in [-0.1, -0.05) is 48.5 Å². The van der Waals surface area contributed by atoms with Crippen molar-refractivity contribution in [2.45, 2.75) is 32.0 Å². The molecule has 2 heteroatoms. The van der Waals surface area contributed by atoms with Crippen LogP contribution in [0.5, 0.6) is 0 Å². The molecule has 1 unspecified atom stereocenters. The normalized spacial score (nSPS) is 22.2. The Kier molecular flexibility index (Phi) is 3.50. The first-order valence-corrected chi connectivity index (χ1v) is 8.01. The first-order chi connectivity index (χ1) is 10.4. The van der Waals surface area contributed by atoms with Gasteiger partial charge in [0.05, 0.1) is 0 Å². The topological polar surface area (TPSA) is 15.3 Å². The maximum Gasteiger partial charge on any atom is 0.0367 e. The van der Waals surface area contributed by atoms with Crippen LogP contribution in [0.4, 0.5) is 0 Å². The van der Waals surface area contributed by atoms with Gasteiger partial charge in [0.15, 0.2) is 0 Å². The van der Waals surface area contributed by atoms with Crippen LogP contribution in [0.2, 0.25) is 0 Å². The summed E-state index contributed by atoms with van der Waals surface area (Å²) in [5.74, 6) is 0. The standard InChI is InChI=1S/C19H22N2/c1-2-7-17-14-21(12-10-15(17)5-1)19-9-11-20-13-16-6-3-4-8-18(16)19/h1-8,19-20H,9-14H2. The summed E-state index contributed by atoms with van der Waals surface area (Å²) in [6.45, 7) is 4.39. The van der Waals surface area contributed by atoms with E-state index in [-0.39, 0.29) is 0 Å². The average molecular weight is 278 g/mol. The summed E-state index contributed by atoms with van der Waals surface area (Å²) in [7, 11) is 0. The van der Waals surface area contributed by atoms with E-state index < -0.39 is 0 Å². The van der Waals surface area contributed by atoms with Gasteiger partial charge in [-0.05, 0) is 41.6 Å². The van der Waals surface area contributed by atoms with Crippen LogP contribution in [0.25, 0.3) is 0 Å². The van der Waals surface area contributed by atoms with Gasteiger partial charge in [-0.3, -0.25) is 4.90 Å². The second-order valence-electron chi connectivity index (χ2n) is 6.17. The van der Waals surface area contributed by atoms with Crippen molar-refractivity contribution in [1.82, 2.24) is 10.2 Å². The molecule has 108 valence electrons. The Morgan fingerprint density at radius 2 is 1.67 bits per heavy atom. The van der Waals surface area contributed by atoms with Crippen molar-refractivity contribution in [2.24, 2.45) is 0 Å². The summed E-state index contributed by atoms with van der Waals surface area (Å²) >= 11 is 0. The van der Waals surface area contributed by atoms with E-state index in [9.17, 15) is 0 Å². The molecule has 1 N–H and O–H groups in total. The predicted molar refractivity (Wildman–Crippen MR) is 86.1 cm³/mol. The van der Waals surface area contributed by atoms with E-state index in [1.807, 2.05) is 0 Å². The van der Waals surface area contributed by atoms with E-state index in [1.165, 1.54) is 41.6 Å². The lowest BCUT2D eigenvalue weighted by Gasteiger charge is -2.36. The Morgan fingerprint density at radius 3 is 2.57 bits per heavy atom. The van der Waals surface area contributed by atoms with Crippen molar-refractivity contribution in [3.63, 3.8) is 0 Å². The maximum atomic E-state index is 3.56. The molecule has 0 saturated heterocycles. The minimum atomic E-state index is 0.560. The second-order valence-corrected chi connectivity index (χ2v) is 6.17. The highest BCUT2D eigenvalue weighted by Gasteiger charge is 2.27. The Hall–Kier alpha value is -1.64. The quantitative estimate of drug-likeness (QED) is 0.861. The molecule has 2 aromatic rings. The molecular formula is C19H22N2. The molecular weight excluding hydrogens is 256 g/mol. The minimum absolute atomic E-state index is 0.560. The number of nitrogens with one attached hydrogen (secondary N) is 1. The van der Waals surface area contributed by atoms with E-state index in [0.717, 1.165) is 19.6 Å². The van der Waals surface area contributed by atoms with Crippen molar-refractivity contribution in [3.05, 3.63) is 70.8 Å². The summed E-state index contributed by atoms with van der Waals surface area (Å²) in [5, 5.41) is 3.56. The fourth-order valence-electron chi connectivity index (χ4n) is 3.80. The zero-order valence-corrected chi connectivity index (χ0v) is 12.4. The summed E-state index contributed by atoms with van der Waals surface area (Å²) in [5.41, 5.74) is 6.05. The van der Waals surface area contributed by atoms with Crippen molar-refractivity contribution in [3.8, 4) is 0 Å². The molecule has 2 heterocycles. The number of benzene rings is 2. The van der Waals surface area contributed by atoms with Gasteiger partial charge in [-0.15, -0.1) is 0 Å². The largest absolute Gasteiger partial charge is 0.313 e. The molecule has 0 saturated carbocycles. The van der Waals surface area contributed by atoms with Crippen LogP contribution < -0.4 is 5.32 Å². The Bertz CT molecular complexity index is 635. The van der Waals surface area contributed by atoms with Crippen molar-refractivity contribution >= 4 is 0 Å². The second kappa shape index (κ2) is 5.63. The lowest BCUT2D eigenvalue weighted by molar-refractivity contribution is 0.172. The third kappa shape index (κ3) is 2.50. The molecule has 2 aliphatic heterocycles. The van der Waals surface area contributed by atoms with Crippen LogP contribution in [0.15, 0.2) is 48.5 Å². The van der Waals surface area contributed by atoms with Gasteiger partial charge >= 0.3 is 0 Å². The first kappa shape index (κ1) is 13.1. The van der Waals surface area contributed by atoms with Crippen LogP contribution in [-0.4, -0.2) is 18.0 Å². The molecule has 0 aliphatic carbocycles. The van der Waals surface area contributed by atoms with Gasteiger partial charge in [0.1, 0.15) is 0 Å². The average Bonchev–Trinajstić information content (AvgIpc) is 2.77. The fraction of sp³-hybridized carbons (Fsp3) is 0.368. The molecule has 2 nitrogen and oxygen atoms in total. The molecule has 0 aromatic heterocycles.